The van der Waals surface area contributed by atoms with E-state index >= 15 is 0 Å². The van der Waals surface area contributed by atoms with E-state index < -0.39 is 0 Å². The van der Waals surface area contributed by atoms with Crippen LogP contribution in [0.15, 0.2) is 108 Å². The van der Waals surface area contributed by atoms with Gasteiger partial charge in [-0.1, -0.05) is 58.4 Å². The monoisotopic (exact) mass is 517 g/mol. The molecule has 1 nitrogen and oxygen atoms in total. The summed E-state index contributed by atoms with van der Waals surface area (Å²) in [6.45, 7) is 2.23. The van der Waals surface area contributed by atoms with E-state index in [2.05, 4.69) is 131 Å². The van der Waals surface area contributed by atoms with Crippen LogP contribution in [-0.2, 0) is 0 Å². The van der Waals surface area contributed by atoms with Crippen LogP contribution in [0.3, 0.4) is 0 Å². The summed E-state index contributed by atoms with van der Waals surface area (Å²) >= 11 is 5.54. The summed E-state index contributed by atoms with van der Waals surface area (Å²) in [5.74, 6) is 0. The largest absolute Gasteiger partial charge is 0.309 e. The summed E-state index contributed by atoms with van der Waals surface area (Å²) in [7, 11) is 0. The normalized spacial score (nSPS) is 11.8. The molecule has 0 aliphatic carbocycles. The van der Waals surface area contributed by atoms with Gasteiger partial charge < -0.3 is 4.57 Å². The molecule has 0 saturated carbocycles. The molecule has 34 heavy (non-hydrogen) atoms. The molecule has 0 N–H and O–H groups in total. The second-order valence-electron chi connectivity index (χ2n) is 8.83. The summed E-state index contributed by atoms with van der Waals surface area (Å²) in [5, 5.41) is 5.22. The maximum absolute atomic E-state index is 3.66. The van der Waals surface area contributed by atoms with E-state index in [-0.39, 0.29) is 0 Å². The van der Waals surface area contributed by atoms with Crippen LogP contribution in [-0.4, -0.2) is 4.57 Å². The Labute approximate surface area is 210 Å². The van der Waals surface area contributed by atoms with Gasteiger partial charge in [0.05, 0.1) is 11.0 Å². The van der Waals surface area contributed by atoms with E-state index in [4.69, 9.17) is 0 Å². The Morgan fingerprint density at radius 1 is 0.618 bits per heavy atom. The summed E-state index contributed by atoms with van der Waals surface area (Å²) in [5.41, 5.74) is 7.51. The zero-order chi connectivity index (χ0) is 22.8. The third-order valence-electron chi connectivity index (χ3n) is 6.74. The van der Waals surface area contributed by atoms with Crippen LogP contribution >= 0.6 is 27.3 Å². The van der Waals surface area contributed by atoms with Gasteiger partial charge in [-0.3, -0.25) is 0 Å². The van der Waals surface area contributed by atoms with Crippen molar-refractivity contribution in [2.45, 2.75) is 6.92 Å². The van der Waals surface area contributed by atoms with E-state index in [0.717, 1.165) is 4.47 Å². The first-order valence-corrected chi connectivity index (χ1v) is 13.0. The van der Waals surface area contributed by atoms with Gasteiger partial charge in [0.1, 0.15) is 0 Å². The molecular weight excluding hydrogens is 498 g/mol. The average Bonchev–Trinajstić information content (AvgIpc) is 3.40. The molecule has 0 radical (unpaired) electrons. The van der Waals surface area contributed by atoms with Crippen LogP contribution < -0.4 is 0 Å². The number of halogens is 1. The molecule has 0 saturated heterocycles. The molecule has 0 fully saturated rings. The minimum Gasteiger partial charge on any atom is -0.309 e. The lowest BCUT2D eigenvalue weighted by molar-refractivity contribution is 1.18. The molecule has 0 amide bonds. The molecule has 0 aliphatic heterocycles. The minimum atomic E-state index is 1.12. The molecule has 162 valence electrons. The number of hydrogen-bond donors (Lipinski definition) is 0. The van der Waals surface area contributed by atoms with E-state index in [0.29, 0.717) is 0 Å². The molecule has 0 unspecified atom stereocenters. The van der Waals surface area contributed by atoms with Crippen molar-refractivity contribution < 1.29 is 0 Å². The second-order valence-corrected chi connectivity index (χ2v) is 10.8. The molecular formula is C31H20BrNS. The van der Waals surface area contributed by atoms with Gasteiger partial charge in [0.25, 0.3) is 0 Å². The number of aromatic nitrogens is 1. The Balaban J connectivity index is 1.50. The fraction of sp³-hybridized carbons (Fsp3) is 0.0323. The smallest absolute Gasteiger partial charge is 0.0541 e. The Morgan fingerprint density at radius 2 is 1.38 bits per heavy atom. The third kappa shape index (κ3) is 2.97. The second kappa shape index (κ2) is 7.56. The lowest BCUT2D eigenvalue weighted by Crippen LogP contribution is -1.92. The highest BCUT2D eigenvalue weighted by Crippen LogP contribution is 2.41. The maximum atomic E-state index is 3.66. The lowest BCUT2D eigenvalue weighted by atomic mass is 9.98. The van der Waals surface area contributed by atoms with Gasteiger partial charge >= 0.3 is 0 Å². The van der Waals surface area contributed by atoms with Crippen LogP contribution in [0.4, 0.5) is 0 Å². The van der Waals surface area contributed by atoms with Crippen molar-refractivity contribution in [3.8, 4) is 16.8 Å². The van der Waals surface area contributed by atoms with Gasteiger partial charge in [0, 0.05) is 41.1 Å². The van der Waals surface area contributed by atoms with Gasteiger partial charge in [0.15, 0.2) is 0 Å². The summed E-state index contributed by atoms with van der Waals surface area (Å²) in [6.07, 6.45) is 0. The molecule has 0 spiro atoms. The van der Waals surface area contributed by atoms with Crippen LogP contribution in [0, 0.1) is 6.92 Å². The van der Waals surface area contributed by atoms with Crippen molar-refractivity contribution in [1.29, 1.82) is 0 Å². The summed E-state index contributed by atoms with van der Waals surface area (Å²) in [4.78, 5) is 0. The quantitative estimate of drug-likeness (QED) is 0.215. The van der Waals surface area contributed by atoms with Crippen LogP contribution in [0.25, 0.3) is 58.8 Å². The Kier molecular flexibility index (Phi) is 4.45. The van der Waals surface area contributed by atoms with Gasteiger partial charge in [-0.25, -0.2) is 0 Å². The van der Waals surface area contributed by atoms with Crippen molar-refractivity contribution >= 4 is 69.2 Å². The number of hydrogen-bond acceptors (Lipinski definition) is 1. The predicted molar refractivity (Wildman–Crippen MR) is 152 cm³/mol. The van der Waals surface area contributed by atoms with Gasteiger partial charge in [0.2, 0.25) is 0 Å². The molecule has 5 aromatic carbocycles. The summed E-state index contributed by atoms with van der Waals surface area (Å²) in [6, 6.07) is 37.5. The SMILES string of the molecule is Cc1cc(-c2ccc3c(c2)c2ccccc2n3-c2ccccc2)cc2c1sc1ccc(Br)cc12. The van der Waals surface area contributed by atoms with Crippen LogP contribution in [0.5, 0.6) is 0 Å². The number of fused-ring (bicyclic) bond motifs is 6. The van der Waals surface area contributed by atoms with Crippen molar-refractivity contribution in [1.82, 2.24) is 4.57 Å². The van der Waals surface area contributed by atoms with Gasteiger partial charge in [-0.2, -0.15) is 0 Å². The highest BCUT2D eigenvalue weighted by Gasteiger charge is 2.14. The molecule has 3 heteroatoms. The van der Waals surface area contributed by atoms with E-state index in [1.165, 1.54) is 64.4 Å². The molecule has 2 heterocycles. The van der Waals surface area contributed by atoms with Crippen molar-refractivity contribution in [3.05, 3.63) is 113 Å². The van der Waals surface area contributed by atoms with E-state index in [1.807, 2.05) is 11.3 Å². The number of thiophene rings is 1. The van der Waals surface area contributed by atoms with E-state index in [1.54, 1.807) is 0 Å². The highest BCUT2D eigenvalue weighted by molar-refractivity contribution is 9.10. The standard InChI is InChI=1S/C31H20BrNS/c1-19-15-21(17-27-26-18-22(32)12-14-30(26)34-31(19)27)20-11-13-29-25(16-20)24-9-5-6-10-28(24)33(29)23-7-3-2-4-8-23/h2-18H,1H3. The molecule has 0 bridgehead atoms. The lowest BCUT2D eigenvalue weighted by Gasteiger charge is -2.09. The highest BCUT2D eigenvalue weighted by atomic mass is 79.9. The first kappa shape index (κ1) is 20.0. The number of para-hydroxylation sites is 2. The fourth-order valence-corrected chi connectivity index (χ4v) is 6.69. The number of benzene rings is 5. The number of aryl methyl sites for hydroxylation is 1. The van der Waals surface area contributed by atoms with Crippen LogP contribution in [0.2, 0.25) is 0 Å². The molecule has 7 aromatic rings. The molecule has 0 atom stereocenters. The molecule has 0 aliphatic rings. The molecule has 7 rings (SSSR count). The van der Waals surface area contributed by atoms with Gasteiger partial charge in [-0.05, 0) is 84.3 Å². The molecule has 2 aromatic heterocycles. The van der Waals surface area contributed by atoms with Gasteiger partial charge in [-0.15, -0.1) is 11.3 Å². The first-order valence-electron chi connectivity index (χ1n) is 11.4. The van der Waals surface area contributed by atoms with Crippen molar-refractivity contribution in [2.24, 2.45) is 0 Å². The maximum Gasteiger partial charge on any atom is 0.0541 e. The van der Waals surface area contributed by atoms with Crippen molar-refractivity contribution in [2.75, 3.05) is 0 Å². The fourth-order valence-electron chi connectivity index (χ4n) is 5.20. The number of nitrogens with zero attached hydrogens (tertiary/aromatic N) is 1. The van der Waals surface area contributed by atoms with E-state index in [9.17, 15) is 0 Å². The predicted octanol–water partition coefficient (Wildman–Crippen LogP) is 9.89. The minimum absolute atomic E-state index is 1.12. The van der Waals surface area contributed by atoms with Crippen LogP contribution in [0.1, 0.15) is 5.56 Å². The zero-order valence-electron chi connectivity index (χ0n) is 18.5. The average molecular weight is 518 g/mol. The number of rotatable bonds is 2. The summed E-state index contributed by atoms with van der Waals surface area (Å²) < 4.78 is 6.20. The Morgan fingerprint density at radius 3 is 2.26 bits per heavy atom. The van der Waals surface area contributed by atoms with Crippen molar-refractivity contribution in [3.63, 3.8) is 0 Å². The first-order chi connectivity index (χ1) is 16.7. The Hall–Kier alpha value is -3.40. The third-order valence-corrected chi connectivity index (χ3v) is 8.55. The Bertz CT molecular complexity index is 1870. The topological polar surface area (TPSA) is 4.93 Å². The zero-order valence-corrected chi connectivity index (χ0v) is 21.0.